The monoisotopic (exact) mass is 281 g/mol. The van der Waals surface area contributed by atoms with E-state index in [-0.39, 0.29) is 5.41 Å². The molecule has 5 N–H and O–H groups in total. The van der Waals surface area contributed by atoms with Crippen LogP contribution < -0.4 is 17.0 Å². The van der Waals surface area contributed by atoms with Crippen molar-refractivity contribution in [2.75, 3.05) is 0 Å². The lowest BCUT2D eigenvalue weighted by Crippen LogP contribution is -2.16. The molecule has 3 heteroatoms. The van der Waals surface area contributed by atoms with Gasteiger partial charge >= 0.3 is 0 Å². The van der Waals surface area contributed by atoms with E-state index in [1.54, 1.807) is 6.20 Å². The van der Waals surface area contributed by atoms with Crippen LogP contribution in [0, 0.1) is 0 Å². The summed E-state index contributed by atoms with van der Waals surface area (Å²) >= 11 is 0. The molecule has 0 aliphatic rings. The third-order valence-corrected chi connectivity index (χ3v) is 3.54. The highest BCUT2D eigenvalue weighted by Crippen LogP contribution is 2.26. The van der Waals surface area contributed by atoms with Crippen LogP contribution in [0.1, 0.15) is 31.9 Å². The van der Waals surface area contributed by atoms with Crippen molar-refractivity contribution in [3.63, 3.8) is 0 Å². The molecule has 2 aromatic rings. The zero-order valence-electron chi connectivity index (χ0n) is 12.9. The van der Waals surface area contributed by atoms with Gasteiger partial charge in [0.25, 0.3) is 0 Å². The van der Waals surface area contributed by atoms with Crippen molar-refractivity contribution in [3.05, 3.63) is 65.9 Å². The van der Waals surface area contributed by atoms with Gasteiger partial charge in [0.05, 0.1) is 5.70 Å². The van der Waals surface area contributed by atoms with Gasteiger partial charge in [0.2, 0.25) is 0 Å². The second-order valence-corrected chi connectivity index (χ2v) is 6.17. The maximum Gasteiger partial charge on any atom is 0.0561 e. The molecule has 0 atom stereocenters. The Morgan fingerprint density at radius 2 is 1.38 bits per heavy atom. The Bertz CT molecular complexity index is 617. The molecule has 0 unspecified atom stereocenters. The molecule has 0 aliphatic heterocycles. The lowest BCUT2D eigenvalue weighted by atomic mass is 9.86. The fraction of sp³-hybridized carbons (Fsp3) is 0.222. The lowest BCUT2D eigenvalue weighted by molar-refractivity contribution is 0.590. The molecule has 21 heavy (non-hydrogen) atoms. The number of hydrogen-bond acceptors (Lipinski definition) is 3. The molecule has 0 saturated heterocycles. The second-order valence-electron chi connectivity index (χ2n) is 6.17. The predicted octanol–water partition coefficient (Wildman–Crippen LogP) is 3.37. The largest absolute Gasteiger partial charge is 0.397 e. The Kier molecular flexibility index (Phi) is 4.34. The Hall–Kier alpha value is -2.26. The summed E-state index contributed by atoms with van der Waals surface area (Å²) in [5.74, 6) is 5.23. The van der Waals surface area contributed by atoms with Crippen LogP contribution >= 0.6 is 0 Å². The van der Waals surface area contributed by atoms with Gasteiger partial charge in [-0.2, -0.15) is 0 Å². The molecule has 0 bridgehead atoms. The molecule has 0 amide bonds. The van der Waals surface area contributed by atoms with E-state index in [0.29, 0.717) is 5.70 Å². The Balaban J connectivity index is 2.25. The molecule has 0 heterocycles. The smallest absolute Gasteiger partial charge is 0.0561 e. The van der Waals surface area contributed by atoms with Gasteiger partial charge in [-0.25, -0.2) is 0 Å². The molecular weight excluding hydrogens is 258 g/mol. The predicted molar refractivity (Wildman–Crippen MR) is 90.1 cm³/mol. The summed E-state index contributed by atoms with van der Waals surface area (Å²) in [5, 5.41) is 0. The average Bonchev–Trinajstić information content (AvgIpc) is 2.47. The van der Waals surface area contributed by atoms with E-state index in [9.17, 15) is 0 Å². The van der Waals surface area contributed by atoms with Gasteiger partial charge in [-0.05, 0) is 27.7 Å². The number of benzene rings is 2. The number of hydrogen-bond donors (Lipinski definition) is 3. The van der Waals surface area contributed by atoms with Crippen molar-refractivity contribution < 1.29 is 0 Å². The molecule has 0 fully saturated rings. The SMILES string of the molecule is CC(C)(C)c1ccc(-c2ccc(/C(N)=C/NN)cc2)cc1. The third-order valence-electron chi connectivity index (χ3n) is 3.54. The van der Waals surface area contributed by atoms with Gasteiger partial charge in [0.1, 0.15) is 0 Å². The summed E-state index contributed by atoms with van der Waals surface area (Å²) in [6, 6.07) is 16.8. The van der Waals surface area contributed by atoms with Crippen LogP contribution in [0.5, 0.6) is 0 Å². The second kappa shape index (κ2) is 6.02. The Labute approximate surface area is 126 Å². The first-order valence-electron chi connectivity index (χ1n) is 7.05. The molecule has 2 aromatic carbocycles. The van der Waals surface area contributed by atoms with Gasteiger partial charge in [-0.15, -0.1) is 0 Å². The van der Waals surface area contributed by atoms with Crippen LogP contribution in [0.25, 0.3) is 16.8 Å². The zero-order valence-corrected chi connectivity index (χ0v) is 12.9. The number of nitrogens with one attached hydrogen (secondary N) is 1. The van der Waals surface area contributed by atoms with E-state index < -0.39 is 0 Å². The van der Waals surface area contributed by atoms with Crippen LogP contribution in [0.15, 0.2) is 54.7 Å². The summed E-state index contributed by atoms with van der Waals surface area (Å²) in [6.45, 7) is 6.66. The minimum atomic E-state index is 0.177. The fourth-order valence-corrected chi connectivity index (χ4v) is 2.19. The molecule has 110 valence electrons. The van der Waals surface area contributed by atoms with Crippen LogP contribution in [0.2, 0.25) is 0 Å². The molecule has 0 spiro atoms. The standard InChI is InChI=1S/C18H23N3/c1-18(2,3)16-10-8-14(9-11-16)13-4-6-15(7-5-13)17(19)12-21-20/h4-12,21H,19-20H2,1-3H3/b17-12-. The van der Waals surface area contributed by atoms with Crippen molar-refractivity contribution in [2.24, 2.45) is 11.6 Å². The van der Waals surface area contributed by atoms with E-state index >= 15 is 0 Å². The summed E-state index contributed by atoms with van der Waals surface area (Å²) in [6.07, 6.45) is 1.58. The first-order chi connectivity index (χ1) is 9.91. The van der Waals surface area contributed by atoms with Crippen molar-refractivity contribution in [1.82, 2.24) is 5.43 Å². The minimum absolute atomic E-state index is 0.177. The van der Waals surface area contributed by atoms with Crippen LogP contribution in [0.3, 0.4) is 0 Å². The fourth-order valence-electron chi connectivity index (χ4n) is 2.19. The highest BCUT2D eigenvalue weighted by atomic mass is 15.2. The van der Waals surface area contributed by atoms with Gasteiger partial charge in [-0.3, -0.25) is 5.84 Å². The normalized spacial score (nSPS) is 12.3. The first-order valence-corrected chi connectivity index (χ1v) is 7.05. The molecule has 2 rings (SSSR count). The average molecular weight is 281 g/mol. The van der Waals surface area contributed by atoms with Crippen molar-refractivity contribution >= 4 is 5.70 Å². The number of nitrogens with two attached hydrogens (primary N) is 2. The zero-order chi connectivity index (χ0) is 15.5. The third kappa shape index (κ3) is 3.64. The highest BCUT2D eigenvalue weighted by molar-refractivity contribution is 5.69. The van der Waals surface area contributed by atoms with E-state index in [1.165, 1.54) is 16.7 Å². The maximum atomic E-state index is 5.88. The van der Waals surface area contributed by atoms with Gasteiger partial charge in [0, 0.05) is 6.20 Å². The first kappa shape index (κ1) is 15.1. The molecule has 3 nitrogen and oxygen atoms in total. The van der Waals surface area contributed by atoms with E-state index in [2.05, 4.69) is 62.6 Å². The molecule has 0 aromatic heterocycles. The van der Waals surface area contributed by atoms with E-state index in [1.807, 2.05) is 12.1 Å². The van der Waals surface area contributed by atoms with Gasteiger partial charge < -0.3 is 11.2 Å². The lowest BCUT2D eigenvalue weighted by Gasteiger charge is -2.19. The van der Waals surface area contributed by atoms with Gasteiger partial charge in [-0.1, -0.05) is 69.3 Å². The Morgan fingerprint density at radius 3 is 1.81 bits per heavy atom. The summed E-state index contributed by atoms with van der Waals surface area (Å²) < 4.78 is 0. The van der Waals surface area contributed by atoms with Crippen molar-refractivity contribution in [1.29, 1.82) is 0 Å². The quantitative estimate of drug-likeness (QED) is 0.597. The van der Waals surface area contributed by atoms with E-state index in [4.69, 9.17) is 11.6 Å². The number of hydrazine groups is 1. The minimum Gasteiger partial charge on any atom is -0.397 e. The van der Waals surface area contributed by atoms with Crippen LogP contribution in [-0.2, 0) is 5.41 Å². The van der Waals surface area contributed by atoms with Crippen LogP contribution in [-0.4, -0.2) is 0 Å². The summed E-state index contributed by atoms with van der Waals surface area (Å²) in [4.78, 5) is 0. The Morgan fingerprint density at radius 1 is 0.905 bits per heavy atom. The highest BCUT2D eigenvalue weighted by Gasteiger charge is 2.12. The number of rotatable bonds is 3. The molecule has 0 saturated carbocycles. The van der Waals surface area contributed by atoms with E-state index in [0.717, 1.165) is 5.56 Å². The molecular formula is C18H23N3. The topological polar surface area (TPSA) is 64.1 Å². The summed E-state index contributed by atoms with van der Waals surface area (Å²) in [7, 11) is 0. The summed E-state index contributed by atoms with van der Waals surface area (Å²) in [5.41, 5.74) is 13.8. The van der Waals surface area contributed by atoms with Crippen molar-refractivity contribution in [2.45, 2.75) is 26.2 Å². The van der Waals surface area contributed by atoms with Crippen LogP contribution in [0.4, 0.5) is 0 Å². The van der Waals surface area contributed by atoms with Crippen molar-refractivity contribution in [3.8, 4) is 11.1 Å². The molecule has 0 radical (unpaired) electrons. The maximum absolute atomic E-state index is 5.88. The molecule has 0 aliphatic carbocycles. The van der Waals surface area contributed by atoms with Gasteiger partial charge in [0.15, 0.2) is 0 Å².